The summed E-state index contributed by atoms with van der Waals surface area (Å²) >= 11 is 5.91. The van der Waals surface area contributed by atoms with E-state index in [1.165, 1.54) is 7.11 Å². The fourth-order valence-corrected chi connectivity index (χ4v) is 1.25. The number of ether oxygens (including phenoxy) is 1. The van der Waals surface area contributed by atoms with Crippen molar-refractivity contribution in [2.24, 2.45) is 0 Å². The smallest absolute Gasteiger partial charge is 0.214 e. The minimum atomic E-state index is 0.400. The average molecular weight is 256 g/mol. The first-order valence-corrected chi connectivity index (χ1v) is 5.96. The van der Waals surface area contributed by atoms with Gasteiger partial charge in [-0.1, -0.05) is 37.6 Å². The summed E-state index contributed by atoms with van der Waals surface area (Å²) < 4.78 is 4.93. The van der Waals surface area contributed by atoms with Crippen LogP contribution in [-0.4, -0.2) is 18.4 Å². The Morgan fingerprint density at radius 1 is 1.35 bits per heavy atom. The summed E-state index contributed by atoms with van der Waals surface area (Å²) in [6, 6.07) is 3.57. The normalized spacial score (nSPS) is 9.65. The Morgan fingerprint density at radius 3 is 2.59 bits per heavy atom. The molecule has 94 valence electrons. The van der Waals surface area contributed by atoms with E-state index in [-0.39, 0.29) is 0 Å². The van der Waals surface area contributed by atoms with Gasteiger partial charge < -0.3 is 9.53 Å². The van der Waals surface area contributed by atoms with Crippen LogP contribution in [0.3, 0.4) is 0 Å². The first-order valence-electron chi connectivity index (χ1n) is 5.58. The summed E-state index contributed by atoms with van der Waals surface area (Å²) in [5.74, 6) is 0.491. The summed E-state index contributed by atoms with van der Waals surface area (Å²) in [7, 11) is 1.54. The molecule has 0 spiro atoms. The number of carbonyl (C=O) groups excluding carboxylic acids is 1. The first kappa shape index (κ1) is 15.7. The second-order valence-corrected chi connectivity index (χ2v) is 3.24. The summed E-state index contributed by atoms with van der Waals surface area (Å²) in [6.07, 6.45) is 5.86. The van der Waals surface area contributed by atoms with Gasteiger partial charge in [-0.3, -0.25) is 0 Å². The molecule has 1 aromatic heterocycles. The fourth-order valence-electron chi connectivity index (χ4n) is 1.04. The molecular formula is C13H18ClNO2. The molecule has 1 heterocycles. The standard InChI is InChI=1S/C11H12ClNO2.C2H6/c1-15-10-7-6-9(11(12)13-10)5-3-2-4-8-14;1-2/h3,5-8H,2,4H2,1H3;1-2H3/b5-3+;. The van der Waals surface area contributed by atoms with E-state index in [1.54, 1.807) is 6.07 Å². The molecule has 0 aromatic carbocycles. The highest BCUT2D eigenvalue weighted by molar-refractivity contribution is 6.30. The van der Waals surface area contributed by atoms with Gasteiger partial charge in [-0.25, -0.2) is 4.98 Å². The maximum Gasteiger partial charge on any atom is 0.214 e. The van der Waals surface area contributed by atoms with Gasteiger partial charge in [0, 0.05) is 18.1 Å². The molecule has 0 unspecified atom stereocenters. The number of carbonyl (C=O) groups is 1. The van der Waals surface area contributed by atoms with Crippen LogP contribution in [0, 0.1) is 0 Å². The number of hydrogen-bond donors (Lipinski definition) is 0. The van der Waals surface area contributed by atoms with Gasteiger partial charge in [0.2, 0.25) is 5.88 Å². The van der Waals surface area contributed by atoms with Crippen molar-refractivity contribution >= 4 is 24.0 Å². The number of rotatable bonds is 5. The molecule has 0 saturated heterocycles. The molecule has 0 N–H and O–H groups in total. The summed E-state index contributed by atoms with van der Waals surface area (Å²) in [5, 5.41) is 0.400. The Balaban J connectivity index is 0.00000121. The Kier molecular flexibility index (Phi) is 9.06. The number of halogens is 1. The zero-order chi connectivity index (χ0) is 13.1. The molecule has 0 fully saturated rings. The van der Waals surface area contributed by atoms with Crippen molar-refractivity contribution in [3.63, 3.8) is 0 Å². The van der Waals surface area contributed by atoms with Crippen molar-refractivity contribution in [1.29, 1.82) is 0 Å². The van der Waals surface area contributed by atoms with E-state index >= 15 is 0 Å². The molecule has 0 amide bonds. The van der Waals surface area contributed by atoms with E-state index in [9.17, 15) is 4.79 Å². The Bertz CT molecular complexity index is 364. The lowest BCUT2D eigenvalue weighted by molar-refractivity contribution is -0.107. The van der Waals surface area contributed by atoms with E-state index in [0.717, 1.165) is 11.8 Å². The number of unbranched alkanes of at least 4 members (excludes halogenated alkanes) is 1. The van der Waals surface area contributed by atoms with E-state index in [4.69, 9.17) is 16.3 Å². The number of methoxy groups -OCH3 is 1. The second kappa shape index (κ2) is 9.85. The van der Waals surface area contributed by atoms with E-state index in [0.29, 0.717) is 23.9 Å². The van der Waals surface area contributed by atoms with Crippen molar-refractivity contribution < 1.29 is 9.53 Å². The number of aldehydes is 1. The molecule has 1 aromatic rings. The maximum atomic E-state index is 10.1. The highest BCUT2D eigenvalue weighted by atomic mass is 35.5. The highest BCUT2D eigenvalue weighted by Gasteiger charge is 1.99. The molecule has 1 rings (SSSR count). The molecule has 0 aliphatic carbocycles. The second-order valence-electron chi connectivity index (χ2n) is 2.88. The Hall–Kier alpha value is -1.35. The van der Waals surface area contributed by atoms with Crippen molar-refractivity contribution in [2.45, 2.75) is 26.7 Å². The topological polar surface area (TPSA) is 39.2 Å². The van der Waals surface area contributed by atoms with Gasteiger partial charge in [0.15, 0.2) is 0 Å². The van der Waals surface area contributed by atoms with Gasteiger partial charge in [0.05, 0.1) is 7.11 Å². The average Bonchev–Trinajstić information content (AvgIpc) is 2.38. The van der Waals surface area contributed by atoms with Crippen LogP contribution in [-0.2, 0) is 4.79 Å². The molecular weight excluding hydrogens is 238 g/mol. The molecule has 0 aliphatic rings. The van der Waals surface area contributed by atoms with Crippen LogP contribution in [0.4, 0.5) is 0 Å². The third kappa shape index (κ3) is 6.07. The lowest BCUT2D eigenvalue weighted by Gasteiger charge is -2.01. The molecule has 0 aliphatic heterocycles. The fraction of sp³-hybridized carbons (Fsp3) is 0.385. The van der Waals surface area contributed by atoms with Crippen LogP contribution in [0.25, 0.3) is 6.08 Å². The minimum absolute atomic E-state index is 0.400. The third-order valence-electron chi connectivity index (χ3n) is 1.81. The Morgan fingerprint density at radius 2 is 2.06 bits per heavy atom. The number of allylic oxidation sites excluding steroid dienone is 1. The largest absolute Gasteiger partial charge is 0.481 e. The molecule has 0 saturated carbocycles. The van der Waals surface area contributed by atoms with Crippen molar-refractivity contribution in [3.8, 4) is 5.88 Å². The van der Waals surface area contributed by atoms with Gasteiger partial charge in [0.1, 0.15) is 11.4 Å². The molecule has 0 bridgehead atoms. The van der Waals surface area contributed by atoms with Gasteiger partial charge in [0.25, 0.3) is 0 Å². The van der Waals surface area contributed by atoms with Crippen LogP contribution in [0.5, 0.6) is 5.88 Å². The molecule has 4 heteroatoms. The summed E-state index contributed by atoms with van der Waals surface area (Å²) in [5.41, 5.74) is 0.823. The van der Waals surface area contributed by atoms with Gasteiger partial charge in [-0.15, -0.1) is 0 Å². The highest BCUT2D eigenvalue weighted by Crippen LogP contribution is 2.19. The number of nitrogens with zero attached hydrogens (tertiary/aromatic N) is 1. The number of pyridine rings is 1. The van der Waals surface area contributed by atoms with E-state index in [1.807, 2.05) is 32.1 Å². The quantitative estimate of drug-likeness (QED) is 0.457. The number of aromatic nitrogens is 1. The molecule has 17 heavy (non-hydrogen) atoms. The van der Waals surface area contributed by atoms with Crippen molar-refractivity contribution in [2.75, 3.05) is 7.11 Å². The number of hydrogen-bond acceptors (Lipinski definition) is 3. The van der Waals surface area contributed by atoms with Crippen LogP contribution in [0.2, 0.25) is 5.15 Å². The molecule has 0 atom stereocenters. The van der Waals surface area contributed by atoms with E-state index in [2.05, 4.69) is 4.98 Å². The molecule has 0 radical (unpaired) electrons. The van der Waals surface area contributed by atoms with E-state index < -0.39 is 0 Å². The van der Waals surface area contributed by atoms with Gasteiger partial charge in [-0.2, -0.15) is 0 Å². The molecule has 3 nitrogen and oxygen atoms in total. The maximum absolute atomic E-state index is 10.1. The van der Waals surface area contributed by atoms with Crippen molar-refractivity contribution in [3.05, 3.63) is 28.9 Å². The summed E-state index contributed by atoms with van der Waals surface area (Å²) in [4.78, 5) is 14.1. The Labute approximate surface area is 107 Å². The summed E-state index contributed by atoms with van der Waals surface area (Å²) in [6.45, 7) is 4.00. The zero-order valence-electron chi connectivity index (χ0n) is 10.4. The SMILES string of the molecule is CC.COc1ccc(/C=C/CCC=O)c(Cl)n1. The first-order chi connectivity index (χ1) is 8.27. The minimum Gasteiger partial charge on any atom is -0.481 e. The monoisotopic (exact) mass is 255 g/mol. The predicted molar refractivity (Wildman–Crippen MR) is 71.5 cm³/mol. The lowest BCUT2D eigenvalue weighted by Crippen LogP contribution is -1.88. The van der Waals surface area contributed by atoms with Crippen LogP contribution in [0.1, 0.15) is 32.3 Å². The third-order valence-corrected chi connectivity index (χ3v) is 2.11. The zero-order valence-corrected chi connectivity index (χ0v) is 11.2. The van der Waals surface area contributed by atoms with Crippen molar-refractivity contribution in [1.82, 2.24) is 4.98 Å². The van der Waals surface area contributed by atoms with Crippen LogP contribution < -0.4 is 4.74 Å². The van der Waals surface area contributed by atoms with Gasteiger partial charge >= 0.3 is 0 Å². The van der Waals surface area contributed by atoms with Crippen LogP contribution in [0.15, 0.2) is 18.2 Å². The predicted octanol–water partition coefficient (Wildman–Crippen LogP) is 3.76. The van der Waals surface area contributed by atoms with Crippen LogP contribution >= 0.6 is 11.6 Å². The van der Waals surface area contributed by atoms with Gasteiger partial charge in [-0.05, 0) is 12.5 Å². The lowest BCUT2D eigenvalue weighted by atomic mass is 10.2.